The summed E-state index contributed by atoms with van der Waals surface area (Å²) >= 11 is 3.60. The third kappa shape index (κ3) is 3.00. The predicted molar refractivity (Wildman–Crippen MR) is 80.3 cm³/mol. The average molecular weight is 312 g/mol. The molecule has 1 aliphatic rings. The highest BCUT2D eigenvalue weighted by Crippen LogP contribution is 2.34. The van der Waals surface area contributed by atoms with Crippen LogP contribution >= 0.6 is 15.9 Å². The van der Waals surface area contributed by atoms with E-state index in [0.717, 1.165) is 27.7 Å². The number of methoxy groups -OCH3 is 1. The number of hydrogen-bond acceptors (Lipinski definition) is 2. The van der Waals surface area contributed by atoms with E-state index in [4.69, 9.17) is 4.74 Å². The Kier molecular flexibility index (Phi) is 4.55. The lowest BCUT2D eigenvalue weighted by Crippen LogP contribution is -2.35. The predicted octanol–water partition coefficient (Wildman–Crippen LogP) is 4.69. The molecule has 1 fully saturated rings. The molecule has 2 nitrogen and oxygen atoms in total. The molecule has 0 amide bonds. The summed E-state index contributed by atoms with van der Waals surface area (Å²) in [7, 11) is 1.71. The summed E-state index contributed by atoms with van der Waals surface area (Å²) in [6.45, 7) is 4.72. The van der Waals surface area contributed by atoms with Crippen molar-refractivity contribution in [3.05, 3.63) is 22.7 Å². The zero-order valence-electron chi connectivity index (χ0n) is 11.4. The molecule has 2 rings (SSSR count). The molecule has 0 radical (unpaired) electrons. The molecule has 0 spiro atoms. The first-order chi connectivity index (χ1) is 8.61. The average Bonchev–Trinajstić information content (AvgIpc) is 2.37. The van der Waals surface area contributed by atoms with E-state index in [1.807, 2.05) is 12.1 Å². The molecule has 3 atom stereocenters. The Hall–Kier alpha value is -0.700. The number of ether oxygens (including phenoxy) is 1. The molecule has 1 saturated carbocycles. The van der Waals surface area contributed by atoms with Gasteiger partial charge in [-0.25, -0.2) is 0 Å². The summed E-state index contributed by atoms with van der Waals surface area (Å²) < 4.78 is 6.39. The van der Waals surface area contributed by atoms with Gasteiger partial charge in [0.1, 0.15) is 5.75 Å². The van der Waals surface area contributed by atoms with Crippen molar-refractivity contribution in [3.8, 4) is 5.75 Å². The maximum absolute atomic E-state index is 5.29. The Labute approximate surface area is 118 Å². The zero-order chi connectivity index (χ0) is 13.1. The van der Waals surface area contributed by atoms with Gasteiger partial charge >= 0.3 is 0 Å². The topological polar surface area (TPSA) is 21.3 Å². The number of rotatable bonds is 3. The van der Waals surface area contributed by atoms with Crippen LogP contribution in [0.1, 0.15) is 33.1 Å². The van der Waals surface area contributed by atoms with Crippen molar-refractivity contribution < 1.29 is 4.74 Å². The second-order valence-electron chi connectivity index (χ2n) is 5.36. The Morgan fingerprint density at radius 3 is 2.78 bits per heavy atom. The fourth-order valence-electron chi connectivity index (χ4n) is 2.73. The number of nitrogens with one attached hydrogen (secondary N) is 1. The van der Waals surface area contributed by atoms with Crippen LogP contribution in [0, 0.1) is 11.8 Å². The van der Waals surface area contributed by atoms with Crippen LogP contribution in [0.25, 0.3) is 0 Å². The standard InChI is InChI=1S/C15H22BrNO/c1-10-5-4-6-14(11(10)2)17-15-9-12(18-3)7-8-13(15)16/h7-11,14,17H,4-6H2,1-3H3. The first kappa shape index (κ1) is 13.7. The van der Waals surface area contributed by atoms with E-state index in [0.29, 0.717) is 6.04 Å². The Bertz CT molecular complexity index is 407. The van der Waals surface area contributed by atoms with Gasteiger partial charge in [-0.05, 0) is 46.3 Å². The second-order valence-corrected chi connectivity index (χ2v) is 6.22. The van der Waals surface area contributed by atoms with Crippen LogP contribution in [0.3, 0.4) is 0 Å². The van der Waals surface area contributed by atoms with E-state index in [1.165, 1.54) is 19.3 Å². The number of halogens is 1. The minimum atomic E-state index is 0.567. The van der Waals surface area contributed by atoms with Crippen LogP contribution in [-0.4, -0.2) is 13.2 Å². The highest BCUT2D eigenvalue weighted by atomic mass is 79.9. The Morgan fingerprint density at radius 2 is 2.06 bits per heavy atom. The van der Waals surface area contributed by atoms with Crippen LogP contribution in [0.5, 0.6) is 5.75 Å². The smallest absolute Gasteiger partial charge is 0.121 e. The lowest BCUT2D eigenvalue weighted by Gasteiger charge is -2.35. The molecule has 3 heteroatoms. The molecule has 0 aromatic heterocycles. The molecule has 1 aromatic rings. The van der Waals surface area contributed by atoms with E-state index in [2.05, 4.69) is 41.2 Å². The van der Waals surface area contributed by atoms with E-state index in [9.17, 15) is 0 Å². The van der Waals surface area contributed by atoms with Crippen LogP contribution in [0.15, 0.2) is 22.7 Å². The Balaban J connectivity index is 2.12. The monoisotopic (exact) mass is 311 g/mol. The van der Waals surface area contributed by atoms with Gasteiger partial charge in [0.25, 0.3) is 0 Å². The van der Waals surface area contributed by atoms with Gasteiger partial charge in [-0.15, -0.1) is 0 Å². The fraction of sp³-hybridized carbons (Fsp3) is 0.600. The first-order valence-corrected chi connectivity index (χ1v) is 7.51. The molecular formula is C15H22BrNO. The van der Waals surface area contributed by atoms with E-state index in [-0.39, 0.29) is 0 Å². The highest BCUT2D eigenvalue weighted by molar-refractivity contribution is 9.10. The second kappa shape index (κ2) is 5.96. The molecule has 18 heavy (non-hydrogen) atoms. The Morgan fingerprint density at radius 1 is 1.28 bits per heavy atom. The molecule has 1 aliphatic carbocycles. The number of benzene rings is 1. The van der Waals surface area contributed by atoms with Gasteiger partial charge in [-0.3, -0.25) is 0 Å². The molecular weight excluding hydrogens is 290 g/mol. The van der Waals surface area contributed by atoms with Crippen molar-refractivity contribution in [1.82, 2.24) is 0 Å². The summed E-state index contributed by atoms with van der Waals surface area (Å²) in [4.78, 5) is 0. The van der Waals surface area contributed by atoms with Gasteiger partial charge < -0.3 is 10.1 Å². The minimum absolute atomic E-state index is 0.567. The summed E-state index contributed by atoms with van der Waals surface area (Å²) in [5, 5.41) is 3.68. The summed E-state index contributed by atoms with van der Waals surface area (Å²) in [5.74, 6) is 2.43. The van der Waals surface area contributed by atoms with Crippen LogP contribution in [0.2, 0.25) is 0 Å². The van der Waals surface area contributed by atoms with Gasteiger partial charge in [-0.1, -0.05) is 26.7 Å². The quantitative estimate of drug-likeness (QED) is 0.874. The minimum Gasteiger partial charge on any atom is -0.497 e. The van der Waals surface area contributed by atoms with Crippen LogP contribution in [0.4, 0.5) is 5.69 Å². The van der Waals surface area contributed by atoms with Gasteiger partial charge in [0.05, 0.1) is 12.8 Å². The largest absolute Gasteiger partial charge is 0.497 e. The van der Waals surface area contributed by atoms with Crippen molar-refractivity contribution in [1.29, 1.82) is 0 Å². The van der Waals surface area contributed by atoms with E-state index < -0.39 is 0 Å². The van der Waals surface area contributed by atoms with E-state index in [1.54, 1.807) is 7.11 Å². The summed E-state index contributed by atoms with van der Waals surface area (Å²) in [5.41, 5.74) is 1.14. The van der Waals surface area contributed by atoms with Crippen molar-refractivity contribution in [3.63, 3.8) is 0 Å². The van der Waals surface area contributed by atoms with Gasteiger partial charge in [0.15, 0.2) is 0 Å². The number of anilines is 1. The molecule has 100 valence electrons. The van der Waals surface area contributed by atoms with Crippen molar-refractivity contribution in [2.24, 2.45) is 11.8 Å². The molecule has 0 heterocycles. The first-order valence-electron chi connectivity index (χ1n) is 6.72. The van der Waals surface area contributed by atoms with E-state index >= 15 is 0 Å². The van der Waals surface area contributed by atoms with Gasteiger partial charge in [0, 0.05) is 16.6 Å². The van der Waals surface area contributed by atoms with Crippen molar-refractivity contribution >= 4 is 21.6 Å². The van der Waals surface area contributed by atoms with Crippen molar-refractivity contribution in [2.75, 3.05) is 12.4 Å². The maximum atomic E-state index is 5.29. The van der Waals surface area contributed by atoms with Crippen LogP contribution in [-0.2, 0) is 0 Å². The normalized spacial score (nSPS) is 27.9. The SMILES string of the molecule is COc1ccc(Br)c(NC2CCCC(C)C2C)c1. The number of hydrogen-bond donors (Lipinski definition) is 1. The molecule has 1 N–H and O–H groups in total. The fourth-order valence-corrected chi connectivity index (χ4v) is 3.09. The molecule has 1 aromatic carbocycles. The molecule has 0 bridgehead atoms. The zero-order valence-corrected chi connectivity index (χ0v) is 13.0. The summed E-state index contributed by atoms with van der Waals surface area (Å²) in [6.07, 6.45) is 3.94. The lowest BCUT2D eigenvalue weighted by molar-refractivity contribution is 0.253. The highest BCUT2D eigenvalue weighted by Gasteiger charge is 2.27. The third-order valence-electron chi connectivity index (χ3n) is 4.22. The molecule has 0 saturated heterocycles. The van der Waals surface area contributed by atoms with Gasteiger partial charge in [0.2, 0.25) is 0 Å². The maximum Gasteiger partial charge on any atom is 0.121 e. The van der Waals surface area contributed by atoms with Crippen LogP contribution < -0.4 is 10.1 Å². The summed E-state index contributed by atoms with van der Waals surface area (Å²) in [6, 6.07) is 6.65. The van der Waals surface area contributed by atoms with Crippen molar-refractivity contribution in [2.45, 2.75) is 39.2 Å². The van der Waals surface area contributed by atoms with Gasteiger partial charge in [-0.2, -0.15) is 0 Å². The third-order valence-corrected chi connectivity index (χ3v) is 4.91. The molecule has 3 unspecified atom stereocenters. The lowest BCUT2D eigenvalue weighted by atomic mass is 9.78. The molecule has 0 aliphatic heterocycles.